The van der Waals surface area contributed by atoms with Crippen molar-refractivity contribution in [2.24, 2.45) is 5.73 Å². The molecule has 27 heavy (non-hydrogen) atoms. The summed E-state index contributed by atoms with van der Waals surface area (Å²) >= 11 is 0. The fourth-order valence-corrected chi connectivity index (χ4v) is 2.55. The van der Waals surface area contributed by atoms with Gasteiger partial charge in [-0.25, -0.2) is 4.98 Å². The van der Waals surface area contributed by atoms with Gasteiger partial charge in [-0.1, -0.05) is 36.4 Å². The highest BCUT2D eigenvalue weighted by Gasteiger charge is 2.19. The van der Waals surface area contributed by atoms with E-state index in [1.165, 1.54) is 0 Å². The Balaban J connectivity index is 1.69. The number of nitrogen functional groups attached to an aromatic ring is 1. The summed E-state index contributed by atoms with van der Waals surface area (Å²) < 4.78 is 0. The normalized spacial score (nSPS) is 12.8. The van der Waals surface area contributed by atoms with Crippen LogP contribution in [0.2, 0.25) is 0 Å². The summed E-state index contributed by atoms with van der Waals surface area (Å²) in [6.07, 6.45) is 3.55. The molecular weight excluding hydrogens is 342 g/mol. The molecule has 6 N–H and O–H groups in total. The number of hydrogen-bond donors (Lipinski definition) is 4. The number of hydrogen-bond acceptors (Lipinski definition) is 5. The maximum Gasteiger partial charge on any atom is 0.242 e. The molecule has 2 aromatic rings. The number of carbonyl (C=O) groups excluding carboxylic acids is 2. The van der Waals surface area contributed by atoms with E-state index in [0.717, 1.165) is 11.1 Å². The van der Waals surface area contributed by atoms with Crippen LogP contribution in [-0.2, 0) is 22.4 Å². The van der Waals surface area contributed by atoms with Crippen molar-refractivity contribution in [3.8, 4) is 0 Å². The Hall–Kier alpha value is -2.93. The molecule has 0 unspecified atom stereocenters. The van der Waals surface area contributed by atoms with E-state index in [1.807, 2.05) is 36.4 Å². The second-order valence-electron chi connectivity index (χ2n) is 6.49. The Morgan fingerprint density at radius 1 is 1.04 bits per heavy atom. The number of aryl methyl sites for hydroxylation is 1. The van der Waals surface area contributed by atoms with Crippen molar-refractivity contribution in [1.29, 1.82) is 0 Å². The Labute approximate surface area is 159 Å². The van der Waals surface area contributed by atoms with Crippen LogP contribution in [-0.4, -0.2) is 35.4 Å². The maximum absolute atomic E-state index is 12.2. The number of rotatable bonds is 9. The third-order valence-electron chi connectivity index (χ3n) is 4.24. The molecule has 7 nitrogen and oxygen atoms in total. The highest BCUT2D eigenvalue weighted by Crippen LogP contribution is 2.04. The molecule has 0 fully saturated rings. The molecule has 0 aliphatic rings. The lowest BCUT2D eigenvalue weighted by Crippen LogP contribution is -2.50. The van der Waals surface area contributed by atoms with Crippen molar-refractivity contribution >= 4 is 17.6 Å². The zero-order valence-corrected chi connectivity index (χ0v) is 15.5. The van der Waals surface area contributed by atoms with Gasteiger partial charge in [-0.3, -0.25) is 9.59 Å². The minimum atomic E-state index is -0.652. The number of carbonyl (C=O) groups is 2. The quantitative estimate of drug-likeness (QED) is 0.520. The lowest BCUT2D eigenvalue weighted by molar-refractivity contribution is -0.129. The predicted molar refractivity (Wildman–Crippen MR) is 106 cm³/mol. The molecule has 1 heterocycles. The number of anilines is 1. The van der Waals surface area contributed by atoms with Crippen molar-refractivity contribution < 1.29 is 9.59 Å². The molecule has 0 aliphatic heterocycles. The smallest absolute Gasteiger partial charge is 0.242 e. The number of pyridine rings is 1. The van der Waals surface area contributed by atoms with Crippen LogP contribution in [0.15, 0.2) is 48.7 Å². The number of nitrogens with one attached hydrogen (secondary N) is 2. The van der Waals surface area contributed by atoms with Gasteiger partial charge in [0.2, 0.25) is 11.8 Å². The van der Waals surface area contributed by atoms with Gasteiger partial charge in [0.1, 0.15) is 11.9 Å². The fourth-order valence-electron chi connectivity index (χ4n) is 2.55. The first-order valence-corrected chi connectivity index (χ1v) is 9.03. The monoisotopic (exact) mass is 369 g/mol. The number of amides is 2. The van der Waals surface area contributed by atoms with Crippen LogP contribution in [0.5, 0.6) is 0 Å². The second kappa shape index (κ2) is 10.3. The Bertz CT molecular complexity index is 734. The Kier molecular flexibility index (Phi) is 7.76. The van der Waals surface area contributed by atoms with E-state index in [4.69, 9.17) is 11.5 Å². The Morgan fingerprint density at radius 3 is 2.44 bits per heavy atom. The van der Waals surface area contributed by atoms with Gasteiger partial charge in [0.15, 0.2) is 0 Å². The molecule has 0 saturated heterocycles. The van der Waals surface area contributed by atoms with E-state index in [0.29, 0.717) is 31.6 Å². The first-order chi connectivity index (χ1) is 13.0. The van der Waals surface area contributed by atoms with Gasteiger partial charge >= 0.3 is 0 Å². The zero-order valence-electron chi connectivity index (χ0n) is 15.5. The predicted octanol–water partition coefficient (Wildman–Crippen LogP) is 0.787. The molecule has 1 aromatic carbocycles. The van der Waals surface area contributed by atoms with Crippen molar-refractivity contribution in [3.05, 3.63) is 59.8 Å². The van der Waals surface area contributed by atoms with Gasteiger partial charge in [0.25, 0.3) is 0 Å². The topological polar surface area (TPSA) is 123 Å². The molecule has 0 radical (unpaired) electrons. The number of nitrogens with zero attached hydrogens (tertiary/aromatic N) is 1. The molecule has 2 atom stereocenters. The number of aromatic nitrogens is 1. The first-order valence-electron chi connectivity index (χ1n) is 9.03. The summed E-state index contributed by atoms with van der Waals surface area (Å²) in [4.78, 5) is 28.3. The van der Waals surface area contributed by atoms with Crippen LogP contribution in [0.4, 0.5) is 5.82 Å². The summed E-state index contributed by atoms with van der Waals surface area (Å²) in [6, 6.07) is 12.1. The molecule has 0 saturated carbocycles. The van der Waals surface area contributed by atoms with E-state index in [2.05, 4.69) is 15.6 Å². The van der Waals surface area contributed by atoms with Gasteiger partial charge < -0.3 is 22.1 Å². The fraction of sp³-hybridized carbons (Fsp3) is 0.350. The van der Waals surface area contributed by atoms with Crippen LogP contribution in [0, 0.1) is 0 Å². The molecule has 144 valence electrons. The van der Waals surface area contributed by atoms with E-state index in [-0.39, 0.29) is 11.8 Å². The summed E-state index contributed by atoms with van der Waals surface area (Å²) in [5.41, 5.74) is 13.6. The highest BCUT2D eigenvalue weighted by atomic mass is 16.2. The third kappa shape index (κ3) is 7.07. The molecule has 2 amide bonds. The Morgan fingerprint density at radius 2 is 1.78 bits per heavy atom. The van der Waals surface area contributed by atoms with E-state index in [9.17, 15) is 9.59 Å². The van der Waals surface area contributed by atoms with Crippen LogP contribution in [0.3, 0.4) is 0 Å². The minimum absolute atomic E-state index is 0.248. The third-order valence-corrected chi connectivity index (χ3v) is 4.24. The van der Waals surface area contributed by atoms with E-state index >= 15 is 0 Å². The van der Waals surface area contributed by atoms with Crippen LogP contribution >= 0.6 is 0 Å². The highest BCUT2D eigenvalue weighted by molar-refractivity contribution is 5.89. The van der Waals surface area contributed by atoms with Crippen LogP contribution in [0.1, 0.15) is 24.5 Å². The van der Waals surface area contributed by atoms with E-state index in [1.54, 1.807) is 19.2 Å². The summed E-state index contributed by atoms with van der Waals surface area (Å²) in [5, 5.41) is 5.46. The minimum Gasteiger partial charge on any atom is -0.384 e. The molecule has 7 heteroatoms. The van der Waals surface area contributed by atoms with Crippen molar-refractivity contribution in [2.75, 3.05) is 12.3 Å². The largest absolute Gasteiger partial charge is 0.384 e. The van der Waals surface area contributed by atoms with Gasteiger partial charge in [0.05, 0.1) is 6.04 Å². The van der Waals surface area contributed by atoms with Crippen molar-refractivity contribution in [3.63, 3.8) is 0 Å². The average Bonchev–Trinajstić information content (AvgIpc) is 2.68. The number of nitrogens with two attached hydrogens (primary N) is 2. The lowest BCUT2D eigenvalue weighted by Gasteiger charge is -2.17. The molecule has 1 aromatic heterocycles. The van der Waals surface area contributed by atoms with Crippen molar-refractivity contribution in [2.45, 2.75) is 38.3 Å². The van der Waals surface area contributed by atoms with E-state index < -0.39 is 12.1 Å². The summed E-state index contributed by atoms with van der Waals surface area (Å²) in [6.45, 7) is 2.09. The zero-order chi connectivity index (χ0) is 19.6. The number of benzene rings is 1. The van der Waals surface area contributed by atoms with Gasteiger partial charge in [-0.15, -0.1) is 0 Å². The summed E-state index contributed by atoms with van der Waals surface area (Å²) in [5.74, 6) is -0.110. The van der Waals surface area contributed by atoms with Gasteiger partial charge in [-0.05, 0) is 43.4 Å². The molecule has 0 bridgehead atoms. The maximum atomic E-state index is 12.2. The van der Waals surface area contributed by atoms with Gasteiger partial charge in [0, 0.05) is 12.7 Å². The van der Waals surface area contributed by atoms with Crippen LogP contribution in [0.25, 0.3) is 0 Å². The standard InChI is InChI=1S/C20H27N5O2/c1-14(19(26)23-12-11-16-8-10-18(22)24-13-16)25-20(27)17(21)9-7-15-5-3-2-4-6-15/h2-6,8,10,13-14,17H,7,9,11-12,21H2,1H3,(H2,22,24)(H,23,26)(H,25,27)/t14-,17+/m0/s1. The first kappa shape index (κ1) is 20.4. The summed E-state index contributed by atoms with van der Waals surface area (Å²) in [7, 11) is 0. The average molecular weight is 369 g/mol. The lowest BCUT2D eigenvalue weighted by atomic mass is 10.1. The molecule has 2 rings (SSSR count). The van der Waals surface area contributed by atoms with Gasteiger partial charge in [-0.2, -0.15) is 0 Å². The van der Waals surface area contributed by atoms with Crippen LogP contribution < -0.4 is 22.1 Å². The van der Waals surface area contributed by atoms with Crippen molar-refractivity contribution in [1.82, 2.24) is 15.6 Å². The molecular formula is C20H27N5O2. The second-order valence-corrected chi connectivity index (χ2v) is 6.49. The SMILES string of the molecule is C[C@H](NC(=O)[C@H](N)CCc1ccccc1)C(=O)NCCc1ccc(N)nc1. The molecule has 0 spiro atoms. The molecule has 0 aliphatic carbocycles.